The van der Waals surface area contributed by atoms with Crippen LogP contribution in [-0.4, -0.2) is 57.1 Å². The average Bonchev–Trinajstić information content (AvgIpc) is 3.57. The summed E-state index contributed by atoms with van der Waals surface area (Å²) in [4.78, 5) is 62.3. The highest BCUT2D eigenvalue weighted by atomic mass is 35.5. The Kier molecular flexibility index (Phi) is 9.38. The molecule has 12 nitrogen and oxygen atoms in total. The molecule has 0 unspecified atom stereocenters. The van der Waals surface area contributed by atoms with Crippen molar-refractivity contribution in [3.05, 3.63) is 107 Å². The van der Waals surface area contributed by atoms with Crippen LogP contribution in [0.3, 0.4) is 0 Å². The Balaban J connectivity index is 1.16. The van der Waals surface area contributed by atoms with Gasteiger partial charge in [0.05, 0.1) is 65.2 Å². The molecule has 14 heteroatoms. The molecule has 0 radical (unpaired) electrons. The number of fused-ring (bicyclic) bond motifs is 4. The van der Waals surface area contributed by atoms with Gasteiger partial charge in [-0.2, -0.15) is 10.2 Å². The number of phenolic OH excluding ortho intramolecular Hbond substituents is 1. The molecule has 4 aromatic carbocycles. The van der Waals surface area contributed by atoms with Crippen molar-refractivity contribution in [3.63, 3.8) is 0 Å². The largest absolute Gasteiger partial charge is 0.507 e. The number of methoxy groups -OCH3 is 2. The molecule has 6 atom stereocenters. The maximum absolute atomic E-state index is 14.8. The fraction of sp³-hybridized carbons (Fsp3) is 0.302. The smallest absolute Gasteiger partial charge is 0.241 e. The standard InChI is InChI=1S/C43H39ClFN5O7/c1-43-31(40(53)50(42(43)55)26-14-17-33(45)32(44)18-26)21-30-28(38(43)37-34(51)19-27(56-4)20-35(37)57-5)15-16-29-36(30)41(54)49(39(29)52)25-12-8-23(9-13-25)47-46-22-6-10-24(11-7-22)48(2)3/h6-15,17-20,29-31,36,38,51H,16,21H2,1-5H3/t29-,30+,31-,36-,38+,43+/m0/s1. The second-order valence-corrected chi connectivity index (χ2v) is 15.6. The van der Waals surface area contributed by atoms with Crippen LogP contribution in [-0.2, 0) is 19.2 Å². The van der Waals surface area contributed by atoms with E-state index in [0.29, 0.717) is 28.4 Å². The van der Waals surface area contributed by atoms with Crippen LogP contribution in [0, 0.1) is 34.9 Å². The van der Waals surface area contributed by atoms with Gasteiger partial charge in [-0.15, -0.1) is 0 Å². The molecule has 3 fully saturated rings. The summed E-state index contributed by atoms with van der Waals surface area (Å²) in [5, 5.41) is 20.0. The lowest BCUT2D eigenvalue weighted by molar-refractivity contribution is -0.131. The van der Waals surface area contributed by atoms with Crippen molar-refractivity contribution in [3.8, 4) is 17.2 Å². The summed E-state index contributed by atoms with van der Waals surface area (Å²) in [5.74, 6) is -6.62. The highest BCUT2D eigenvalue weighted by Gasteiger charge is 2.68. The van der Waals surface area contributed by atoms with Gasteiger partial charge in [0, 0.05) is 43.4 Å². The zero-order valence-corrected chi connectivity index (χ0v) is 32.5. The molecule has 4 aliphatic rings. The van der Waals surface area contributed by atoms with E-state index in [0.717, 1.165) is 16.7 Å². The molecule has 4 aromatic rings. The van der Waals surface area contributed by atoms with E-state index in [2.05, 4.69) is 10.2 Å². The van der Waals surface area contributed by atoms with Gasteiger partial charge in [-0.25, -0.2) is 9.29 Å². The predicted molar refractivity (Wildman–Crippen MR) is 211 cm³/mol. The van der Waals surface area contributed by atoms with Crippen LogP contribution < -0.4 is 24.2 Å². The van der Waals surface area contributed by atoms with Crippen molar-refractivity contribution >= 4 is 63.7 Å². The van der Waals surface area contributed by atoms with Gasteiger partial charge in [-0.05, 0) is 92.4 Å². The SMILES string of the molecule is COc1cc(O)c([C@H]2C3=CC[C@@H]4C(=O)N(c5ccc(N=Nc6ccc(N(C)C)cc6)cc5)C(=O)[C@@H]4[C@@H]3C[C@H]3C(=O)N(c4ccc(F)c(Cl)c4)C(=O)[C@@]23C)c(OC)c1. The first kappa shape index (κ1) is 37.8. The fourth-order valence-corrected chi connectivity index (χ4v) is 9.39. The van der Waals surface area contributed by atoms with Crippen molar-refractivity contribution < 1.29 is 38.1 Å². The van der Waals surface area contributed by atoms with E-state index in [-0.39, 0.29) is 46.5 Å². The number of carbonyl (C=O) groups excluding carboxylic acids is 4. The maximum Gasteiger partial charge on any atom is 0.241 e. The average molecular weight is 792 g/mol. The highest BCUT2D eigenvalue weighted by molar-refractivity contribution is 6.32. The van der Waals surface area contributed by atoms with E-state index in [1.165, 1.54) is 37.3 Å². The molecule has 292 valence electrons. The van der Waals surface area contributed by atoms with Gasteiger partial charge in [0.25, 0.3) is 0 Å². The van der Waals surface area contributed by atoms with Crippen molar-refractivity contribution in [2.45, 2.75) is 25.7 Å². The molecule has 2 heterocycles. The zero-order chi connectivity index (χ0) is 40.5. The van der Waals surface area contributed by atoms with Crippen molar-refractivity contribution in [1.82, 2.24) is 0 Å². The summed E-state index contributed by atoms with van der Waals surface area (Å²) in [6.45, 7) is 1.67. The highest BCUT2D eigenvalue weighted by Crippen LogP contribution is 2.65. The summed E-state index contributed by atoms with van der Waals surface area (Å²) in [6.07, 6.45) is 2.13. The minimum absolute atomic E-state index is 0.0664. The second kappa shape index (κ2) is 14.1. The van der Waals surface area contributed by atoms with E-state index < -0.39 is 58.5 Å². The van der Waals surface area contributed by atoms with Crippen LogP contribution in [0.4, 0.5) is 32.8 Å². The Labute approximate surface area is 333 Å². The van der Waals surface area contributed by atoms with Gasteiger partial charge in [0.2, 0.25) is 23.6 Å². The number of imide groups is 2. The van der Waals surface area contributed by atoms with Crippen molar-refractivity contribution in [1.29, 1.82) is 0 Å². The lowest BCUT2D eigenvalue weighted by Crippen LogP contribution is -2.49. The monoisotopic (exact) mass is 791 g/mol. The molecule has 8 rings (SSSR count). The molecule has 0 aromatic heterocycles. The Morgan fingerprint density at radius 2 is 1.47 bits per heavy atom. The summed E-state index contributed by atoms with van der Waals surface area (Å²) in [6, 6.07) is 20.8. The van der Waals surface area contributed by atoms with E-state index in [1.807, 2.05) is 49.3 Å². The number of carbonyl (C=O) groups is 4. The van der Waals surface area contributed by atoms with Gasteiger partial charge in [-0.3, -0.25) is 24.1 Å². The number of benzene rings is 4. The molecule has 2 aliphatic carbocycles. The number of anilines is 3. The number of rotatable bonds is 8. The third kappa shape index (κ3) is 5.94. The molecule has 1 N–H and O–H groups in total. The maximum atomic E-state index is 14.8. The number of allylic oxidation sites excluding steroid dienone is 2. The number of amides is 4. The number of azo groups is 1. The van der Waals surface area contributed by atoms with Gasteiger partial charge < -0.3 is 19.5 Å². The molecule has 2 saturated heterocycles. The number of aromatic hydroxyl groups is 1. The first-order valence-electron chi connectivity index (χ1n) is 18.4. The zero-order valence-electron chi connectivity index (χ0n) is 31.8. The van der Waals surface area contributed by atoms with Gasteiger partial charge in [-0.1, -0.05) is 23.3 Å². The van der Waals surface area contributed by atoms with Crippen LogP contribution in [0.1, 0.15) is 31.2 Å². The number of hydrogen-bond donors (Lipinski definition) is 1. The van der Waals surface area contributed by atoms with E-state index in [9.17, 15) is 28.7 Å². The lowest BCUT2D eigenvalue weighted by atomic mass is 9.51. The van der Waals surface area contributed by atoms with Crippen LogP contribution in [0.2, 0.25) is 5.02 Å². The first-order chi connectivity index (χ1) is 27.3. The van der Waals surface area contributed by atoms with E-state index >= 15 is 0 Å². The molecule has 0 spiro atoms. The Hall–Kier alpha value is -6.08. The third-order valence-corrected chi connectivity index (χ3v) is 12.3. The van der Waals surface area contributed by atoms with Crippen LogP contribution in [0.5, 0.6) is 17.2 Å². The van der Waals surface area contributed by atoms with Crippen LogP contribution >= 0.6 is 11.6 Å². The number of halogens is 2. The second-order valence-electron chi connectivity index (χ2n) is 15.2. The van der Waals surface area contributed by atoms with Gasteiger partial charge in [0.1, 0.15) is 23.1 Å². The van der Waals surface area contributed by atoms with E-state index in [1.54, 1.807) is 37.3 Å². The number of phenols is 1. The molecule has 57 heavy (non-hydrogen) atoms. The third-order valence-electron chi connectivity index (χ3n) is 12.0. The number of ether oxygens (including phenoxy) is 2. The van der Waals surface area contributed by atoms with E-state index in [4.69, 9.17) is 21.1 Å². The summed E-state index contributed by atoms with van der Waals surface area (Å²) >= 11 is 6.13. The normalized spacial score (nSPS) is 25.4. The molecular formula is C43H39ClFN5O7. The Bertz CT molecular complexity index is 2400. The summed E-state index contributed by atoms with van der Waals surface area (Å²) in [7, 11) is 6.76. The van der Waals surface area contributed by atoms with Crippen LogP contribution in [0.15, 0.2) is 101 Å². The number of nitrogens with zero attached hydrogens (tertiary/aromatic N) is 5. The molecule has 0 bridgehead atoms. The topological polar surface area (TPSA) is 141 Å². The number of hydrogen-bond acceptors (Lipinski definition) is 10. The Morgan fingerprint density at radius 3 is 2.09 bits per heavy atom. The van der Waals surface area contributed by atoms with Crippen molar-refractivity contribution in [2.24, 2.45) is 39.3 Å². The molecular weight excluding hydrogens is 753 g/mol. The minimum atomic E-state index is -1.50. The van der Waals surface area contributed by atoms with Crippen LogP contribution in [0.25, 0.3) is 0 Å². The lowest BCUT2D eigenvalue weighted by Gasteiger charge is -2.49. The summed E-state index contributed by atoms with van der Waals surface area (Å²) < 4.78 is 25.4. The summed E-state index contributed by atoms with van der Waals surface area (Å²) in [5.41, 5.74) is 2.06. The van der Waals surface area contributed by atoms with Gasteiger partial charge in [0.15, 0.2) is 0 Å². The van der Waals surface area contributed by atoms with Gasteiger partial charge >= 0.3 is 0 Å². The quantitative estimate of drug-likeness (QED) is 0.107. The van der Waals surface area contributed by atoms with Crippen molar-refractivity contribution in [2.75, 3.05) is 43.0 Å². The minimum Gasteiger partial charge on any atom is -0.507 e. The predicted octanol–water partition coefficient (Wildman–Crippen LogP) is 8.12. The Morgan fingerprint density at radius 1 is 0.825 bits per heavy atom. The molecule has 4 amide bonds. The first-order valence-corrected chi connectivity index (χ1v) is 18.8. The molecule has 2 aliphatic heterocycles. The fourth-order valence-electron chi connectivity index (χ4n) is 9.21. The molecule has 1 saturated carbocycles.